The van der Waals surface area contributed by atoms with Gasteiger partial charge in [0.2, 0.25) is 5.91 Å². The molecule has 0 bridgehead atoms. The molecule has 0 fully saturated rings. The Morgan fingerprint density at radius 3 is 2.56 bits per heavy atom. The van der Waals surface area contributed by atoms with E-state index in [-0.39, 0.29) is 18.4 Å². The van der Waals surface area contributed by atoms with Gasteiger partial charge in [-0.1, -0.05) is 37.6 Å². The summed E-state index contributed by atoms with van der Waals surface area (Å²) in [6.45, 7) is 5.64. The highest BCUT2D eigenvalue weighted by Gasteiger charge is 2.25. The number of hydrogen-bond acceptors (Lipinski definition) is 5. The molecule has 134 valence electrons. The number of hydrogen-bond donors (Lipinski definition) is 2. The fraction of sp³-hybridized carbons (Fsp3) is 0.353. The van der Waals surface area contributed by atoms with Crippen molar-refractivity contribution in [3.8, 4) is 11.3 Å². The lowest BCUT2D eigenvalue weighted by molar-refractivity contribution is -0.119. The Balaban J connectivity index is 2.06. The second-order valence-electron chi connectivity index (χ2n) is 5.62. The quantitative estimate of drug-likeness (QED) is 0.786. The lowest BCUT2D eigenvalue weighted by atomic mass is 10.0. The van der Waals surface area contributed by atoms with Crippen LogP contribution in [0.5, 0.6) is 0 Å². The average molecular weight is 382 g/mol. The molecule has 0 saturated carbocycles. The number of nitrogens with one attached hydrogen (secondary N) is 2. The first-order valence-electron chi connectivity index (χ1n) is 7.86. The molecule has 0 saturated heterocycles. The maximum atomic E-state index is 12.5. The van der Waals surface area contributed by atoms with E-state index in [0.717, 1.165) is 11.3 Å². The van der Waals surface area contributed by atoms with Crippen molar-refractivity contribution in [1.82, 2.24) is 10.3 Å². The molecular formula is C17H20ClN3O3S. The van der Waals surface area contributed by atoms with E-state index in [0.29, 0.717) is 10.2 Å². The number of thiazole rings is 1. The Labute approximate surface area is 155 Å². The first-order valence-corrected chi connectivity index (χ1v) is 9.12. The molecule has 1 atom stereocenters. The Hall–Kier alpha value is -2.12. The van der Waals surface area contributed by atoms with Crippen LogP contribution in [0.2, 0.25) is 5.02 Å². The first-order chi connectivity index (χ1) is 11.9. The van der Waals surface area contributed by atoms with E-state index in [1.165, 1.54) is 11.3 Å². The highest BCUT2D eigenvalue weighted by atomic mass is 35.5. The molecule has 2 N–H and O–H groups in total. The summed E-state index contributed by atoms with van der Waals surface area (Å²) in [7, 11) is 0. The molecule has 2 rings (SSSR count). The lowest BCUT2D eigenvalue weighted by Crippen LogP contribution is -2.47. The number of alkyl carbamates (subject to hydrolysis) is 1. The third-order valence-corrected chi connectivity index (χ3v) is 4.38. The van der Waals surface area contributed by atoms with E-state index < -0.39 is 12.1 Å². The minimum atomic E-state index is -0.707. The topological polar surface area (TPSA) is 80.3 Å². The zero-order valence-corrected chi connectivity index (χ0v) is 15.8. The molecule has 1 heterocycles. The van der Waals surface area contributed by atoms with Crippen molar-refractivity contribution in [2.24, 2.45) is 5.92 Å². The van der Waals surface area contributed by atoms with Crippen LogP contribution in [0.3, 0.4) is 0 Å². The summed E-state index contributed by atoms with van der Waals surface area (Å²) in [5, 5.41) is 8.28. The van der Waals surface area contributed by atoms with Gasteiger partial charge in [0.1, 0.15) is 6.04 Å². The number of halogens is 1. The number of aromatic nitrogens is 1. The highest BCUT2D eigenvalue weighted by Crippen LogP contribution is 2.26. The largest absolute Gasteiger partial charge is 0.450 e. The van der Waals surface area contributed by atoms with Crippen molar-refractivity contribution in [3.05, 3.63) is 34.7 Å². The fourth-order valence-corrected chi connectivity index (χ4v) is 2.95. The molecule has 0 aliphatic rings. The van der Waals surface area contributed by atoms with E-state index in [4.69, 9.17) is 16.3 Å². The van der Waals surface area contributed by atoms with Crippen molar-refractivity contribution < 1.29 is 14.3 Å². The average Bonchev–Trinajstić information content (AvgIpc) is 3.01. The number of carbonyl (C=O) groups is 2. The molecular weight excluding hydrogens is 362 g/mol. The van der Waals surface area contributed by atoms with E-state index in [2.05, 4.69) is 15.6 Å². The summed E-state index contributed by atoms with van der Waals surface area (Å²) >= 11 is 7.20. The first kappa shape index (κ1) is 19.2. The van der Waals surface area contributed by atoms with Crippen LogP contribution in [0.15, 0.2) is 29.6 Å². The normalized spacial score (nSPS) is 11.9. The Kier molecular flexibility index (Phi) is 6.78. The van der Waals surface area contributed by atoms with Crippen molar-refractivity contribution in [2.45, 2.75) is 26.8 Å². The third-order valence-electron chi connectivity index (χ3n) is 3.37. The lowest BCUT2D eigenvalue weighted by Gasteiger charge is -2.20. The van der Waals surface area contributed by atoms with Gasteiger partial charge < -0.3 is 15.4 Å². The third kappa shape index (κ3) is 5.44. The Morgan fingerprint density at radius 1 is 1.28 bits per heavy atom. The highest BCUT2D eigenvalue weighted by molar-refractivity contribution is 7.14. The predicted octanol–water partition coefficient (Wildman–Crippen LogP) is 4.17. The van der Waals surface area contributed by atoms with Gasteiger partial charge in [-0.15, -0.1) is 11.3 Å². The van der Waals surface area contributed by atoms with Crippen LogP contribution >= 0.6 is 22.9 Å². The zero-order chi connectivity index (χ0) is 18.4. The van der Waals surface area contributed by atoms with Gasteiger partial charge in [0, 0.05) is 16.0 Å². The molecule has 8 heteroatoms. The van der Waals surface area contributed by atoms with Crippen LogP contribution in [0.25, 0.3) is 11.3 Å². The van der Waals surface area contributed by atoms with Crippen molar-refractivity contribution in [3.63, 3.8) is 0 Å². The van der Waals surface area contributed by atoms with Gasteiger partial charge in [-0.2, -0.15) is 0 Å². The molecule has 0 aliphatic heterocycles. The summed E-state index contributed by atoms with van der Waals surface area (Å²) in [4.78, 5) is 28.5. The van der Waals surface area contributed by atoms with Gasteiger partial charge in [-0.25, -0.2) is 9.78 Å². The molecule has 6 nitrogen and oxygen atoms in total. The summed E-state index contributed by atoms with van der Waals surface area (Å²) < 4.78 is 4.84. The van der Waals surface area contributed by atoms with Crippen molar-refractivity contribution >= 4 is 40.1 Å². The molecule has 1 aromatic heterocycles. The second kappa shape index (κ2) is 8.82. The summed E-state index contributed by atoms with van der Waals surface area (Å²) in [5.41, 5.74) is 1.66. The molecule has 0 spiro atoms. The number of amides is 2. The molecule has 0 aliphatic carbocycles. The summed E-state index contributed by atoms with van der Waals surface area (Å²) in [5.74, 6) is -0.430. The Morgan fingerprint density at radius 2 is 1.96 bits per heavy atom. The van der Waals surface area contributed by atoms with Crippen LogP contribution in [0, 0.1) is 5.92 Å². The fourth-order valence-electron chi connectivity index (χ4n) is 2.10. The Bertz CT molecular complexity index is 731. The van der Waals surface area contributed by atoms with Gasteiger partial charge in [0.15, 0.2) is 5.13 Å². The summed E-state index contributed by atoms with van der Waals surface area (Å²) in [6, 6.07) is 6.59. The van der Waals surface area contributed by atoms with E-state index in [1.807, 2.05) is 31.4 Å². The van der Waals surface area contributed by atoms with Crippen LogP contribution in [-0.4, -0.2) is 29.6 Å². The maximum absolute atomic E-state index is 12.5. The number of ether oxygens (including phenoxy) is 1. The van der Waals surface area contributed by atoms with Gasteiger partial charge in [-0.05, 0) is 25.0 Å². The van der Waals surface area contributed by atoms with Crippen molar-refractivity contribution in [1.29, 1.82) is 0 Å². The van der Waals surface area contributed by atoms with E-state index in [1.54, 1.807) is 19.1 Å². The maximum Gasteiger partial charge on any atom is 0.407 e. The van der Waals surface area contributed by atoms with Crippen LogP contribution in [0.1, 0.15) is 20.8 Å². The van der Waals surface area contributed by atoms with Crippen LogP contribution in [0.4, 0.5) is 9.93 Å². The number of benzene rings is 1. The minimum absolute atomic E-state index is 0.0971. The van der Waals surface area contributed by atoms with Crippen LogP contribution in [-0.2, 0) is 9.53 Å². The molecule has 2 amide bonds. The number of nitrogens with zero attached hydrogens (tertiary/aromatic N) is 1. The van der Waals surface area contributed by atoms with Gasteiger partial charge in [0.05, 0.1) is 12.3 Å². The van der Waals surface area contributed by atoms with Gasteiger partial charge >= 0.3 is 6.09 Å². The number of carbonyl (C=O) groups excluding carboxylic acids is 2. The summed E-state index contributed by atoms with van der Waals surface area (Å²) in [6.07, 6.45) is -0.614. The van der Waals surface area contributed by atoms with E-state index in [9.17, 15) is 9.59 Å². The van der Waals surface area contributed by atoms with E-state index >= 15 is 0 Å². The molecule has 2 aromatic rings. The monoisotopic (exact) mass is 381 g/mol. The standard InChI is InChI=1S/C17H20ClN3O3S/c1-4-24-17(23)20-14(10(2)3)15(22)21-16-19-13(9-25-16)11-5-7-12(18)8-6-11/h5-10,14H,4H2,1-3H3,(H,20,23)(H,19,21,22). The smallest absolute Gasteiger partial charge is 0.407 e. The predicted molar refractivity (Wildman–Crippen MR) is 100.0 cm³/mol. The molecule has 1 aromatic carbocycles. The number of rotatable bonds is 6. The van der Waals surface area contributed by atoms with Gasteiger partial charge in [0.25, 0.3) is 0 Å². The SMILES string of the molecule is CCOC(=O)NC(C(=O)Nc1nc(-c2ccc(Cl)cc2)cs1)C(C)C. The second-order valence-corrected chi connectivity index (χ2v) is 6.92. The molecule has 0 radical (unpaired) electrons. The number of anilines is 1. The minimum Gasteiger partial charge on any atom is -0.450 e. The van der Waals surface area contributed by atoms with Crippen molar-refractivity contribution in [2.75, 3.05) is 11.9 Å². The van der Waals surface area contributed by atoms with Crippen LogP contribution < -0.4 is 10.6 Å². The van der Waals surface area contributed by atoms with Gasteiger partial charge in [-0.3, -0.25) is 4.79 Å². The molecule has 25 heavy (non-hydrogen) atoms. The zero-order valence-electron chi connectivity index (χ0n) is 14.2. The molecule has 1 unspecified atom stereocenters.